The maximum absolute atomic E-state index is 13.4. The molecule has 1 aromatic carbocycles. The van der Waals surface area contributed by atoms with Crippen molar-refractivity contribution in [2.45, 2.75) is 12.3 Å². The molecule has 0 bridgehead atoms. The van der Waals surface area contributed by atoms with Crippen LogP contribution in [0.25, 0.3) is 6.08 Å². The lowest BCUT2D eigenvalue weighted by molar-refractivity contribution is -0.792. The summed E-state index contributed by atoms with van der Waals surface area (Å²) in [5.41, 5.74) is 1.20. The smallest absolute Gasteiger partial charge is 0.430 e. The largest absolute Gasteiger partial charge is 0.474 e. The normalized spacial score (nSPS) is 18.8. The number of alkyl halides is 3. The fraction of sp³-hybridized carbons (Fsp3) is 0.438. The number of rotatable bonds is 6. The number of benzene rings is 1. The van der Waals surface area contributed by atoms with Crippen LogP contribution in [-0.2, 0) is 19.1 Å². The number of carbonyl (C=O) groups is 1. The molecular weight excluding hydrogens is 458 g/mol. The average molecular weight is 473 g/mol. The standard InChI is InChI=1S/C16H15Cl2F3N3O6/c17-10-5-9-6-11(14(16(19,20)21)30-13(9)12(18)7-10)15(25)28-8-29-22-24(26)23-1-3-27-4-2-23/h5-7,14H,1-4,8H2,(H,22,26)/q+1. The van der Waals surface area contributed by atoms with Gasteiger partial charge in [-0.1, -0.05) is 23.2 Å². The molecule has 0 saturated carbocycles. The first kappa shape index (κ1) is 22.4. The molecule has 0 aromatic heterocycles. The molecule has 164 valence electrons. The molecule has 2 heterocycles. The van der Waals surface area contributed by atoms with Gasteiger partial charge in [0.2, 0.25) is 12.9 Å². The number of hydrazine groups is 2. The fourth-order valence-electron chi connectivity index (χ4n) is 2.69. The topological polar surface area (TPSA) is 89.3 Å². The van der Waals surface area contributed by atoms with E-state index < -0.39 is 30.6 Å². The van der Waals surface area contributed by atoms with Crippen molar-refractivity contribution in [1.29, 1.82) is 0 Å². The predicted octanol–water partition coefficient (Wildman–Crippen LogP) is 2.66. The Morgan fingerprint density at radius 2 is 2.00 bits per heavy atom. The first-order valence-electron chi connectivity index (χ1n) is 8.45. The van der Waals surface area contributed by atoms with E-state index in [1.807, 2.05) is 5.59 Å². The van der Waals surface area contributed by atoms with Crippen molar-refractivity contribution in [3.05, 3.63) is 38.2 Å². The predicted molar refractivity (Wildman–Crippen MR) is 96.1 cm³/mol. The number of halogens is 5. The summed E-state index contributed by atoms with van der Waals surface area (Å²) in [5.74, 6) is -1.62. The summed E-state index contributed by atoms with van der Waals surface area (Å²) in [6, 6.07) is 2.51. The van der Waals surface area contributed by atoms with Crippen LogP contribution in [0.5, 0.6) is 5.75 Å². The highest BCUT2D eigenvalue weighted by atomic mass is 35.5. The van der Waals surface area contributed by atoms with Gasteiger partial charge in [-0.15, -0.1) is 5.01 Å². The van der Waals surface area contributed by atoms with Gasteiger partial charge >= 0.3 is 12.1 Å². The van der Waals surface area contributed by atoms with Gasteiger partial charge in [0.1, 0.15) is 18.8 Å². The Balaban J connectivity index is 1.64. The third-order valence-electron chi connectivity index (χ3n) is 4.04. The molecule has 3 rings (SSSR count). The Hall–Kier alpha value is -2.28. The first-order valence-corrected chi connectivity index (χ1v) is 9.21. The number of nitrogens with zero attached hydrogens (tertiary/aromatic N) is 2. The van der Waals surface area contributed by atoms with Gasteiger partial charge in [-0.25, -0.2) is 4.79 Å². The van der Waals surface area contributed by atoms with Gasteiger partial charge in [0.15, 0.2) is 0 Å². The van der Waals surface area contributed by atoms with Gasteiger partial charge in [0, 0.05) is 16.2 Å². The molecule has 30 heavy (non-hydrogen) atoms. The van der Waals surface area contributed by atoms with Gasteiger partial charge in [-0.3, -0.25) is 0 Å². The quantitative estimate of drug-likeness (QED) is 0.222. The number of hydrogen-bond donors (Lipinski definition) is 1. The summed E-state index contributed by atoms with van der Waals surface area (Å²) in [6.07, 6.45) is -6.60. The van der Waals surface area contributed by atoms with Crippen molar-refractivity contribution >= 4 is 35.2 Å². The van der Waals surface area contributed by atoms with Crippen molar-refractivity contribution in [3.63, 3.8) is 0 Å². The molecule has 1 atom stereocenters. The number of nitroso groups, excluding NO2 is 1. The van der Waals surface area contributed by atoms with E-state index in [1.165, 1.54) is 17.1 Å². The summed E-state index contributed by atoms with van der Waals surface area (Å²) < 4.78 is 54.9. The number of fused-ring (bicyclic) bond motifs is 1. The van der Waals surface area contributed by atoms with Crippen LogP contribution in [0.3, 0.4) is 0 Å². The lowest BCUT2D eigenvalue weighted by atomic mass is 10.0. The minimum Gasteiger partial charge on any atom is -0.474 e. The van der Waals surface area contributed by atoms with E-state index in [1.54, 1.807) is 0 Å². The molecule has 9 nitrogen and oxygen atoms in total. The van der Waals surface area contributed by atoms with Crippen molar-refractivity contribution < 1.29 is 42.0 Å². The zero-order valence-corrected chi connectivity index (χ0v) is 16.6. The Kier molecular flexibility index (Phi) is 6.91. The Labute approximate surface area is 177 Å². The minimum atomic E-state index is -4.92. The summed E-state index contributed by atoms with van der Waals surface area (Å²) in [7, 11) is 0. The molecule has 1 N–H and O–H groups in total. The van der Waals surface area contributed by atoms with Crippen molar-refractivity contribution in [3.8, 4) is 5.75 Å². The van der Waals surface area contributed by atoms with Crippen LogP contribution in [-0.4, -0.2) is 61.3 Å². The van der Waals surface area contributed by atoms with E-state index >= 15 is 0 Å². The number of ether oxygens (including phenoxy) is 3. The van der Waals surface area contributed by atoms with Gasteiger partial charge in [-0.2, -0.15) is 18.0 Å². The van der Waals surface area contributed by atoms with Crippen LogP contribution in [0.1, 0.15) is 5.56 Å². The number of carbonyl (C=O) groups excluding carboxylic acids is 1. The second-order valence-electron chi connectivity index (χ2n) is 6.07. The fourth-order valence-corrected chi connectivity index (χ4v) is 3.24. The highest BCUT2D eigenvalue weighted by Crippen LogP contribution is 2.42. The van der Waals surface area contributed by atoms with E-state index in [4.69, 9.17) is 32.7 Å². The SMILES string of the molecule is O=C(OCON[N+](=O)N1CCOCC1)C1=Cc2cc(Cl)cc(Cl)c2OC1C(F)(F)F. The second-order valence-corrected chi connectivity index (χ2v) is 6.91. The molecule has 1 aromatic rings. The molecule has 0 amide bonds. The van der Waals surface area contributed by atoms with Gasteiger partial charge in [0.05, 0.1) is 28.7 Å². The number of hydrogen-bond acceptors (Lipinski definition) is 6. The summed E-state index contributed by atoms with van der Waals surface area (Å²) >= 11 is 11.7. The van der Waals surface area contributed by atoms with Crippen molar-refractivity contribution in [2.24, 2.45) is 0 Å². The van der Waals surface area contributed by atoms with Crippen LogP contribution < -0.4 is 10.3 Å². The highest BCUT2D eigenvalue weighted by molar-refractivity contribution is 6.36. The van der Waals surface area contributed by atoms with Crippen LogP contribution in [0.4, 0.5) is 13.2 Å². The molecule has 14 heteroatoms. The molecule has 0 spiro atoms. The lowest BCUT2D eigenvalue weighted by Gasteiger charge is -2.28. The first-order chi connectivity index (χ1) is 14.2. The van der Waals surface area contributed by atoms with Crippen LogP contribution in [0, 0.1) is 4.91 Å². The van der Waals surface area contributed by atoms with Crippen molar-refractivity contribution in [1.82, 2.24) is 10.6 Å². The van der Waals surface area contributed by atoms with E-state index in [-0.39, 0.29) is 26.3 Å². The number of morpholine rings is 1. The summed E-state index contributed by atoms with van der Waals surface area (Å²) in [6.45, 7) is 0.464. The van der Waals surface area contributed by atoms with Crippen LogP contribution >= 0.6 is 23.2 Å². The van der Waals surface area contributed by atoms with Crippen LogP contribution in [0.2, 0.25) is 10.0 Å². The maximum Gasteiger partial charge on any atom is 0.430 e. The molecule has 2 aliphatic heterocycles. The molecule has 0 aliphatic carbocycles. The molecular formula is C16H15Cl2F3N3O6+. The second kappa shape index (κ2) is 9.25. The van der Waals surface area contributed by atoms with Gasteiger partial charge in [0.25, 0.3) is 4.98 Å². The minimum absolute atomic E-state index is 0.0806. The molecule has 1 fully saturated rings. The van der Waals surface area contributed by atoms with Crippen LogP contribution in [0.15, 0.2) is 17.7 Å². The molecule has 1 unspecified atom stereocenters. The molecule has 0 radical (unpaired) electrons. The monoisotopic (exact) mass is 472 g/mol. The Bertz CT molecular complexity index is 861. The summed E-state index contributed by atoms with van der Waals surface area (Å²) in [5, 5.41) is 1.32. The third kappa shape index (κ3) is 5.25. The zero-order valence-electron chi connectivity index (χ0n) is 15.1. The lowest BCUT2D eigenvalue weighted by Crippen LogP contribution is -2.48. The average Bonchev–Trinajstić information content (AvgIpc) is 2.69. The molecule has 2 aliphatic rings. The van der Waals surface area contributed by atoms with E-state index in [0.29, 0.717) is 26.3 Å². The Morgan fingerprint density at radius 3 is 2.67 bits per heavy atom. The van der Waals surface area contributed by atoms with Gasteiger partial charge < -0.3 is 14.2 Å². The maximum atomic E-state index is 13.4. The zero-order chi connectivity index (χ0) is 21.9. The van der Waals surface area contributed by atoms with E-state index in [9.17, 15) is 22.9 Å². The van der Waals surface area contributed by atoms with E-state index in [0.717, 1.165) is 6.08 Å². The van der Waals surface area contributed by atoms with E-state index in [2.05, 4.69) is 9.57 Å². The van der Waals surface area contributed by atoms with Gasteiger partial charge in [-0.05, 0) is 18.2 Å². The number of nitrogens with one attached hydrogen (secondary N) is 1. The number of esters is 1. The van der Waals surface area contributed by atoms with Crippen molar-refractivity contribution in [2.75, 3.05) is 33.1 Å². The Morgan fingerprint density at radius 1 is 1.30 bits per heavy atom. The highest BCUT2D eigenvalue weighted by Gasteiger charge is 2.49. The molecule has 1 saturated heterocycles. The summed E-state index contributed by atoms with van der Waals surface area (Å²) in [4.78, 5) is 28.9. The third-order valence-corrected chi connectivity index (χ3v) is 4.53.